The summed E-state index contributed by atoms with van der Waals surface area (Å²) < 4.78 is 0. The normalized spacial score (nSPS) is 27.9. The molecule has 0 aromatic carbocycles. The zero-order valence-electron chi connectivity index (χ0n) is 12.8. The zero-order chi connectivity index (χ0) is 15.3. The SMILES string of the molecule is C[C@@H]1CCc2nc(NC(=O)[C@@H]3CC(=O)N(C4CC4)C3)sc2C1. The van der Waals surface area contributed by atoms with Crippen molar-refractivity contribution in [2.24, 2.45) is 11.8 Å². The van der Waals surface area contributed by atoms with E-state index in [2.05, 4.69) is 17.2 Å². The van der Waals surface area contributed by atoms with E-state index in [0.29, 0.717) is 30.1 Å². The van der Waals surface area contributed by atoms with E-state index >= 15 is 0 Å². The molecular formula is C16H21N3O2S. The first-order valence-electron chi connectivity index (χ1n) is 8.19. The molecule has 3 aliphatic rings. The second-order valence-corrected chi connectivity index (χ2v) is 7.99. The summed E-state index contributed by atoms with van der Waals surface area (Å²) in [4.78, 5) is 32.1. The number of likely N-dealkylation sites (tertiary alicyclic amines) is 1. The zero-order valence-corrected chi connectivity index (χ0v) is 13.6. The quantitative estimate of drug-likeness (QED) is 0.929. The Morgan fingerprint density at radius 2 is 2.14 bits per heavy atom. The number of carbonyl (C=O) groups is 2. The van der Waals surface area contributed by atoms with Gasteiger partial charge in [-0.3, -0.25) is 9.59 Å². The first kappa shape index (κ1) is 14.2. The molecule has 1 N–H and O–H groups in total. The number of aromatic nitrogens is 1. The van der Waals surface area contributed by atoms with Gasteiger partial charge in [-0.25, -0.2) is 4.98 Å². The van der Waals surface area contributed by atoms with Gasteiger partial charge in [-0.05, 0) is 38.0 Å². The maximum atomic E-state index is 12.4. The Hall–Kier alpha value is -1.43. The van der Waals surface area contributed by atoms with Gasteiger partial charge in [-0.2, -0.15) is 0 Å². The number of nitrogens with one attached hydrogen (secondary N) is 1. The third-order valence-electron chi connectivity index (χ3n) is 4.93. The largest absolute Gasteiger partial charge is 0.339 e. The van der Waals surface area contributed by atoms with Crippen molar-refractivity contribution in [2.75, 3.05) is 11.9 Å². The minimum Gasteiger partial charge on any atom is -0.339 e. The lowest BCUT2D eigenvalue weighted by molar-refractivity contribution is -0.128. The number of aryl methyl sites for hydroxylation is 1. The Kier molecular flexibility index (Phi) is 3.44. The summed E-state index contributed by atoms with van der Waals surface area (Å²) in [6, 6.07) is 0.402. The Morgan fingerprint density at radius 3 is 2.91 bits per heavy atom. The summed E-state index contributed by atoms with van der Waals surface area (Å²) in [6.45, 7) is 2.84. The van der Waals surface area contributed by atoms with E-state index in [1.807, 2.05) is 4.90 Å². The van der Waals surface area contributed by atoms with Crippen LogP contribution in [0, 0.1) is 11.8 Å². The van der Waals surface area contributed by atoms with Gasteiger partial charge in [0.2, 0.25) is 11.8 Å². The van der Waals surface area contributed by atoms with Crippen LogP contribution in [-0.4, -0.2) is 34.3 Å². The highest BCUT2D eigenvalue weighted by Gasteiger charge is 2.41. The second kappa shape index (κ2) is 5.33. The van der Waals surface area contributed by atoms with E-state index in [1.165, 1.54) is 11.3 Å². The molecule has 5 nitrogen and oxygen atoms in total. The lowest BCUT2D eigenvalue weighted by atomic mass is 9.93. The van der Waals surface area contributed by atoms with Crippen LogP contribution in [0.2, 0.25) is 0 Å². The molecular weight excluding hydrogens is 298 g/mol. The van der Waals surface area contributed by atoms with Crippen LogP contribution in [0.25, 0.3) is 0 Å². The molecule has 0 unspecified atom stereocenters. The summed E-state index contributed by atoms with van der Waals surface area (Å²) in [6.07, 6.45) is 5.80. The molecule has 1 saturated carbocycles. The van der Waals surface area contributed by atoms with Crippen molar-refractivity contribution < 1.29 is 9.59 Å². The predicted molar refractivity (Wildman–Crippen MR) is 84.8 cm³/mol. The van der Waals surface area contributed by atoms with E-state index < -0.39 is 0 Å². The number of rotatable bonds is 3. The van der Waals surface area contributed by atoms with Crippen molar-refractivity contribution in [3.05, 3.63) is 10.6 Å². The van der Waals surface area contributed by atoms with Gasteiger partial charge in [0.25, 0.3) is 0 Å². The highest BCUT2D eigenvalue weighted by atomic mass is 32.1. The smallest absolute Gasteiger partial charge is 0.231 e. The fourth-order valence-electron chi connectivity index (χ4n) is 3.45. The second-order valence-electron chi connectivity index (χ2n) is 6.90. The average molecular weight is 319 g/mol. The van der Waals surface area contributed by atoms with Crippen molar-refractivity contribution in [1.29, 1.82) is 0 Å². The molecule has 2 fully saturated rings. The van der Waals surface area contributed by atoms with Crippen LogP contribution >= 0.6 is 11.3 Å². The molecule has 2 amide bonds. The third-order valence-corrected chi connectivity index (χ3v) is 5.97. The summed E-state index contributed by atoms with van der Waals surface area (Å²) in [5.41, 5.74) is 1.15. The standard InChI is InChI=1S/C16H21N3O2S/c1-9-2-5-12-13(6-9)22-16(17-12)18-15(21)10-7-14(20)19(8-10)11-3-4-11/h9-11H,2-8H2,1H3,(H,17,18,21)/t9-,10-/m1/s1. The van der Waals surface area contributed by atoms with Crippen molar-refractivity contribution in [3.8, 4) is 0 Å². The number of nitrogens with zero attached hydrogens (tertiary/aromatic N) is 2. The highest BCUT2D eigenvalue weighted by molar-refractivity contribution is 7.15. The molecule has 22 heavy (non-hydrogen) atoms. The number of amides is 2. The van der Waals surface area contributed by atoms with E-state index in [1.54, 1.807) is 11.3 Å². The van der Waals surface area contributed by atoms with Crippen LogP contribution in [-0.2, 0) is 22.4 Å². The number of hydrogen-bond acceptors (Lipinski definition) is 4. The number of hydrogen-bond donors (Lipinski definition) is 1. The van der Waals surface area contributed by atoms with Crippen LogP contribution in [0.3, 0.4) is 0 Å². The summed E-state index contributed by atoms with van der Waals surface area (Å²) in [5, 5.41) is 3.66. The fraction of sp³-hybridized carbons (Fsp3) is 0.688. The molecule has 0 spiro atoms. The maximum Gasteiger partial charge on any atom is 0.231 e. The monoisotopic (exact) mass is 319 g/mol. The van der Waals surface area contributed by atoms with E-state index in [4.69, 9.17) is 0 Å². The van der Waals surface area contributed by atoms with Gasteiger partial charge in [0.15, 0.2) is 5.13 Å². The molecule has 2 heterocycles. The van der Waals surface area contributed by atoms with Crippen LogP contribution in [0.1, 0.15) is 43.2 Å². The molecule has 1 aromatic rings. The molecule has 2 aliphatic carbocycles. The molecule has 1 aliphatic heterocycles. The first-order valence-corrected chi connectivity index (χ1v) is 9.00. The molecule has 2 atom stereocenters. The predicted octanol–water partition coefficient (Wildman–Crippen LogP) is 2.22. The van der Waals surface area contributed by atoms with Gasteiger partial charge in [-0.15, -0.1) is 11.3 Å². The maximum absolute atomic E-state index is 12.4. The average Bonchev–Trinajstić information content (AvgIpc) is 3.13. The van der Waals surface area contributed by atoms with Gasteiger partial charge < -0.3 is 10.2 Å². The van der Waals surface area contributed by atoms with Crippen molar-refractivity contribution in [1.82, 2.24) is 9.88 Å². The third kappa shape index (κ3) is 2.64. The number of anilines is 1. The van der Waals surface area contributed by atoms with Gasteiger partial charge in [0.05, 0.1) is 11.6 Å². The van der Waals surface area contributed by atoms with Crippen LogP contribution in [0.4, 0.5) is 5.13 Å². The van der Waals surface area contributed by atoms with Crippen molar-refractivity contribution in [2.45, 2.75) is 51.5 Å². The first-order chi connectivity index (χ1) is 10.6. The highest BCUT2D eigenvalue weighted by Crippen LogP contribution is 2.34. The Balaban J connectivity index is 1.41. The molecule has 0 radical (unpaired) electrons. The number of carbonyl (C=O) groups excluding carboxylic acids is 2. The fourth-order valence-corrected chi connectivity index (χ4v) is 4.62. The van der Waals surface area contributed by atoms with E-state index in [-0.39, 0.29) is 17.7 Å². The lowest BCUT2D eigenvalue weighted by Gasteiger charge is -2.15. The van der Waals surface area contributed by atoms with Gasteiger partial charge >= 0.3 is 0 Å². The van der Waals surface area contributed by atoms with Crippen molar-refractivity contribution >= 4 is 28.3 Å². The van der Waals surface area contributed by atoms with E-state index in [0.717, 1.165) is 31.4 Å². The molecule has 6 heteroatoms. The van der Waals surface area contributed by atoms with E-state index in [9.17, 15) is 9.59 Å². The Morgan fingerprint density at radius 1 is 1.32 bits per heavy atom. The molecule has 4 rings (SSSR count). The molecule has 1 saturated heterocycles. The van der Waals surface area contributed by atoms with Crippen LogP contribution in [0.5, 0.6) is 0 Å². The number of fused-ring (bicyclic) bond motifs is 1. The lowest BCUT2D eigenvalue weighted by Crippen LogP contribution is -2.29. The molecule has 1 aromatic heterocycles. The van der Waals surface area contributed by atoms with Gasteiger partial charge in [0.1, 0.15) is 0 Å². The van der Waals surface area contributed by atoms with Crippen LogP contribution in [0.15, 0.2) is 0 Å². The van der Waals surface area contributed by atoms with Crippen molar-refractivity contribution in [3.63, 3.8) is 0 Å². The summed E-state index contributed by atoms with van der Waals surface area (Å²) in [7, 11) is 0. The topological polar surface area (TPSA) is 62.3 Å². The molecule has 118 valence electrons. The summed E-state index contributed by atoms with van der Waals surface area (Å²) in [5.74, 6) is 0.578. The summed E-state index contributed by atoms with van der Waals surface area (Å²) >= 11 is 1.60. The van der Waals surface area contributed by atoms with Gasteiger partial charge in [0, 0.05) is 23.9 Å². The minimum absolute atomic E-state index is 0.0457. The van der Waals surface area contributed by atoms with Gasteiger partial charge in [-0.1, -0.05) is 6.92 Å². The Bertz CT molecular complexity index is 623. The van der Waals surface area contributed by atoms with Crippen LogP contribution < -0.4 is 5.32 Å². The molecule has 0 bridgehead atoms. The minimum atomic E-state index is -0.215. The number of thiazole rings is 1. The Labute approximate surface area is 134 Å².